The van der Waals surface area contributed by atoms with Crippen LogP contribution in [0.25, 0.3) is 0 Å². The molecule has 3 aromatic rings. The molecular weight excluding hydrogens is 486 g/mol. The van der Waals surface area contributed by atoms with E-state index < -0.39 is 28.8 Å². The number of thioether (sulfide) groups is 1. The summed E-state index contributed by atoms with van der Waals surface area (Å²) in [5, 5.41) is 2.80. The number of halogens is 4. The Bertz CT molecular complexity index is 1240. The third-order valence-corrected chi connectivity index (χ3v) is 5.78. The minimum Gasteiger partial charge on any atom is -0.494 e. The van der Waals surface area contributed by atoms with Crippen LogP contribution in [0.5, 0.6) is 5.75 Å². The van der Waals surface area contributed by atoms with Crippen molar-refractivity contribution < 1.29 is 27.1 Å². The van der Waals surface area contributed by atoms with Gasteiger partial charge in [-0.2, -0.15) is 13.2 Å². The molecule has 186 valence electrons. The molecule has 11 heteroatoms. The van der Waals surface area contributed by atoms with E-state index in [9.17, 15) is 27.2 Å². The van der Waals surface area contributed by atoms with Crippen molar-refractivity contribution in [3.8, 4) is 5.75 Å². The van der Waals surface area contributed by atoms with Crippen LogP contribution < -0.4 is 15.6 Å². The van der Waals surface area contributed by atoms with Gasteiger partial charge in [-0.15, -0.1) is 0 Å². The molecular formula is C24H23F4N3O3S. The molecule has 35 heavy (non-hydrogen) atoms. The maximum absolute atomic E-state index is 14.0. The largest absolute Gasteiger partial charge is 0.494 e. The number of amides is 1. The summed E-state index contributed by atoms with van der Waals surface area (Å²) in [5.74, 6) is -1.05. The predicted octanol–water partition coefficient (Wildman–Crippen LogP) is 5.25. The third kappa shape index (κ3) is 7.32. The summed E-state index contributed by atoms with van der Waals surface area (Å²) in [4.78, 5) is 31.9. The van der Waals surface area contributed by atoms with Crippen LogP contribution in [0.2, 0.25) is 0 Å². The first-order valence-electron chi connectivity index (χ1n) is 10.5. The summed E-state index contributed by atoms with van der Waals surface area (Å²) in [6, 6.07) is 10.6. The van der Waals surface area contributed by atoms with Crippen molar-refractivity contribution in [3.05, 3.63) is 87.3 Å². The zero-order valence-electron chi connectivity index (χ0n) is 19.1. The molecule has 0 unspecified atom stereocenters. The van der Waals surface area contributed by atoms with E-state index in [1.54, 1.807) is 6.07 Å². The fourth-order valence-corrected chi connectivity index (χ4v) is 3.99. The molecule has 0 saturated carbocycles. The minimum absolute atomic E-state index is 0.0333. The number of alkyl halides is 3. The number of aromatic amines is 1. The number of carbonyl (C=O) groups is 1. The summed E-state index contributed by atoms with van der Waals surface area (Å²) in [6.45, 7) is 3.69. The Morgan fingerprint density at radius 2 is 1.83 bits per heavy atom. The van der Waals surface area contributed by atoms with E-state index in [4.69, 9.17) is 4.74 Å². The van der Waals surface area contributed by atoms with Crippen LogP contribution in [0.3, 0.4) is 0 Å². The van der Waals surface area contributed by atoms with Crippen LogP contribution in [-0.4, -0.2) is 28.5 Å². The molecule has 0 saturated heterocycles. The zero-order chi connectivity index (χ0) is 25.8. The normalized spacial score (nSPS) is 12.5. The van der Waals surface area contributed by atoms with Gasteiger partial charge in [0.15, 0.2) is 11.6 Å². The van der Waals surface area contributed by atoms with Crippen molar-refractivity contribution in [3.63, 3.8) is 0 Å². The van der Waals surface area contributed by atoms with Crippen molar-refractivity contribution in [2.75, 3.05) is 7.11 Å². The molecule has 0 fully saturated rings. The van der Waals surface area contributed by atoms with Crippen LogP contribution in [0.15, 0.2) is 58.2 Å². The summed E-state index contributed by atoms with van der Waals surface area (Å²) in [5.41, 5.74) is -3.95. The van der Waals surface area contributed by atoms with Crippen LogP contribution in [0.1, 0.15) is 47.3 Å². The van der Waals surface area contributed by atoms with Crippen molar-refractivity contribution in [2.24, 2.45) is 5.92 Å². The number of nitrogens with one attached hydrogen (secondary N) is 2. The summed E-state index contributed by atoms with van der Waals surface area (Å²) in [6.07, 6.45) is 0.0726. The molecule has 0 aliphatic rings. The van der Waals surface area contributed by atoms with E-state index >= 15 is 0 Å². The fourth-order valence-electron chi connectivity index (χ4n) is 3.45. The van der Waals surface area contributed by atoms with Crippen molar-refractivity contribution in [2.45, 2.75) is 36.7 Å². The van der Waals surface area contributed by atoms with E-state index in [0.717, 1.165) is 6.07 Å². The van der Waals surface area contributed by atoms with Crippen molar-refractivity contribution >= 4 is 17.7 Å². The molecule has 0 radical (unpaired) electrons. The van der Waals surface area contributed by atoms with Crippen LogP contribution in [0.4, 0.5) is 17.6 Å². The highest BCUT2D eigenvalue weighted by atomic mass is 32.2. The topological polar surface area (TPSA) is 84.1 Å². The fraction of sp³-hybridized carbons (Fsp3) is 0.292. The van der Waals surface area contributed by atoms with Gasteiger partial charge >= 0.3 is 5.51 Å². The smallest absolute Gasteiger partial charge is 0.446 e. The molecule has 1 amide bonds. The highest BCUT2D eigenvalue weighted by Gasteiger charge is 2.29. The lowest BCUT2D eigenvalue weighted by Gasteiger charge is -2.23. The van der Waals surface area contributed by atoms with Gasteiger partial charge in [-0.25, -0.2) is 9.37 Å². The number of rotatable bonds is 8. The lowest BCUT2D eigenvalue weighted by Crippen LogP contribution is -2.33. The van der Waals surface area contributed by atoms with Gasteiger partial charge in [0.25, 0.3) is 11.5 Å². The third-order valence-electron chi connectivity index (χ3n) is 5.04. The second-order valence-corrected chi connectivity index (χ2v) is 9.17. The molecule has 0 aliphatic carbocycles. The highest BCUT2D eigenvalue weighted by Crippen LogP contribution is 2.37. The first-order valence-corrected chi connectivity index (χ1v) is 11.4. The number of aromatic nitrogens is 2. The quantitative estimate of drug-likeness (QED) is 0.320. The molecule has 3 rings (SSSR count). The molecule has 2 N–H and O–H groups in total. The number of carbonyl (C=O) groups excluding carboxylic acids is 1. The first-order chi connectivity index (χ1) is 16.4. The van der Waals surface area contributed by atoms with Gasteiger partial charge in [-0.3, -0.25) is 9.59 Å². The zero-order valence-corrected chi connectivity index (χ0v) is 19.9. The molecule has 0 bridgehead atoms. The molecule has 0 aliphatic heterocycles. The van der Waals surface area contributed by atoms with E-state index in [0.29, 0.717) is 11.1 Å². The molecule has 2 aromatic carbocycles. The maximum atomic E-state index is 14.0. The summed E-state index contributed by atoms with van der Waals surface area (Å²) < 4.78 is 56.7. The van der Waals surface area contributed by atoms with E-state index in [1.165, 1.54) is 43.5 Å². The van der Waals surface area contributed by atoms with Crippen LogP contribution >= 0.6 is 11.8 Å². The van der Waals surface area contributed by atoms with E-state index in [2.05, 4.69) is 15.3 Å². The van der Waals surface area contributed by atoms with Gasteiger partial charge in [0.1, 0.15) is 11.5 Å². The molecule has 1 heterocycles. The SMILES string of the molecule is COc1ccc(Cc2nc(C(=O)N[C@@H](c3ccc(SC(F)(F)F)cc3)C(C)C)cc(=O)[nH]2)cc1F. The monoisotopic (exact) mass is 509 g/mol. The lowest BCUT2D eigenvalue weighted by molar-refractivity contribution is -0.0328. The standard InChI is InChI=1S/C24H23F4N3O3S/c1-13(2)22(15-5-7-16(8-6-15)35-24(26,27)28)31-23(33)18-12-21(32)30-20(29-18)11-14-4-9-19(34-3)17(25)10-14/h4-10,12-13,22H,11H2,1-3H3,(H,31,33)(H,29,30,32)/t22-/m1/s1. The number of hydrogen-bond donors (Lipinski definition) is 2. The van der Waals surface area contributed by atoms with Crippen molar-refractivity contribution in [1.29, 1.82) is 0 Å². The number of ether oxygens (including phenoxy) is 1. The Morgan fingerprint density at radius 3 is 2.40 bits per heavy atom. The van der Waals surface area contributed by atoms with Crippen molar-refractivity contribution in [1.82, 2.24) is 15.3 Å². The first kappa shape index (κ1) is 26.3. The number of benzene rings is 2. The Balaban J connectivity index is 1.79. The van der Waals surface area contributed by atoms with Crippen LogP contribution in [-0.2, 0) is 6.42 Å². The molecule has 1 atom stereocenters. The molecule has 1 aromatic heterocycles. The van der Waals surface area contributed by atoms with E-state index in [1.807, 2.05) is 13.8 Å². The maximum Gasteiger partial charge on any atom is 0.446 e. The second-order valence-electron chi connectivity index (χ2n) is 8.03. The number of nitrogens with zero attached hydrogens (tertiary/aromatic N) is 1. The number of hydrogen-bond acceptors (Lipinski definition) is 5. The summed E-state index contributed by atoms with van der Waals surface area (Å²) in [7, 11) is 1.35. The van der Waals surface area contributed by atoms with Gasteiger partial charge in [0.2, 0.25) is 0 Å². The van der Waals surface area contributed by atoms with Gasteiger partial charge in [-0.1, -0.05) is 32.0 Å². The average Bonchev–Trinajstić information content (AvgIpc) is 2.76. The van der Waals surface area contributed by atoms with E-state index in [-0.39, 0.29) is 46.3 Å². The van der Waals surface area contributed by atoms with Gasteiger partial charge < -0.3 is 15.0 Å². The van der Waals surface area contributed by atoms with Gasteiger partial charge in [0, 0.05) is 17.4 Å². The Kier molecular flexibility index (Phi) is 8.21. The lowest BCUT2D eigenvalue weighted by atomic mass is 9.96. The molecule has 0 spiro atoms. The van der Waals surface area contributed by atoms with Gasteiger partial charge in [0.05, 0.1) is 13.2 Å². The van der Waals surface area contributed by atoms with Gasteiger partial charge in [-0.05, 0) is 53.1 Å². The van der Waals surface area contributed by atoms with Crippen LogP contribution in [0, 0.1) is 11.7 Å². The Hall–Kier alpha value is -3.34. The summed E-state index contributed by atoms with van der Waals surface area (Å²) >= 11 is -0.219. The average molecular weight is 510 g/mol. The molecule has 6 nitrogen and oxygen atoms in total. The number of H-pyrrole nitrogens is 1. The second kappa shape index (κ2) is 10.9. The minimum atomic E-state index is -4.39. The Labute approximate surface area is 203 Å². The number of methoxy groups -OCH3 is 1. The Morgan fingerprint density at radius 1 is 1.14 bits per heavy atom. The predicted molar refractivity (Wildman–Crippen MR) is 124 cm³/mol. The highest BCUT2D eigenvalue weighted by molar-refractivity contribution is 8.00.